The van der Waals surface area contributed by atoms with Crippen molar-refractivity contribution in [3.8, 4) is 11.3 Å². The number of imidazole rings is 1. The zero-order valence-electron chi connectivity index (χ0n) is 11.0. The zero-order chi connectivity index (χ0) is 14.8. The third-order valence-electron chi connectivity index (χ3n) is 3.11. The van der Waals surface area contributed by atoms with Crippen molar-refractivity contribution in [2.24, 2.45) is 0 Å². The van der Waals surface area contributed by atoms with Crippen molar-refractivity contribution in [1.82, 2.24) is 19.7 Å². The Bertz CT molecular complexity index is 795. The number of hydrogen-bond donors (Lipinski definition) is 3. The van der Waals surface area contributed by atoms with Gasteiger partial charge in [-0.25, -0.2) is 9.78 Å². The molecule has 4 N–H and O–H groups in total. The Morgan fingerprint density at radius 1 is 1.29 bits per heavy atom. The number of nitrogen functional groups attached to an aromatic ring is 1. The maximum absolute atomic E-state index is 10.6. The number of benzene rings is 1. The molecular weight excluding hydrogens is 270 g/mol. The largest absolute Gasteiger partial charge is 0.465 e. The summed E-state index contributed by atoms with van der Waals surface area (Å²) in [7, 11) is 0. The molecule has 0 fully saturated rings. The fourth-order valence-corrected chi connectivity index (χ4v) is 2.12. The highest BCUT2D eigenvalue weighted by Crippen LogP contribution is 2.22. The number of nitrogens with one attached hydrogen (secondary N) is 1. The number of carboxylic acid groups (broad SMARTS) is 1. The highest BCUT2D eigenvalue weighted by molar-refractivity contribution is 5.67. The molecule has 0 atom stereocenters. The van der Waals surface area contributed by atoms with Crippen LogP contribution in [0.1, 0.15) is 5.69 Å². The van der Waals surface area contributed by atoms with E-state index in [4.69, 9.17) is 10.8 Å². The van der Waals surface area contributed by atoms with Crippen LogP contribution in [0.4, 0.5) is 10.5 Å². The number of carbonyl (C=O) groups is 1. The highest BCUT2D eigenvalue weighted by atomic mass is 16.4. The van der Waals surface area contributed by atoms with Crippen LogP contribution in [-0.4, -0.2) is 25.6 Å². The number of aromatic nitrogens is 3. The van der Waals surface area contributed by atoms with Gasteiger partial charge in [0, 0.05) is 23.6 Å². The quantitative estimate of drug-likeness (QED) is 0.635. The molecule has 1 amide bonds. The predicted molar refractivity (Wildman–Crippen MR) is 77.7 cm³/mol. The molecule has 0 radical (unpaired) electrons. The first-order valence-corrected chi connectivity index (χ1v) is 6.29. The molecule has 0 unspecified atom stereocenters. The van der Waals surface area contributed by atoms with E-state index in [2.05, 4.69) is 15.3 Å². The highest BCUT2D eigenvalue weighted by Gasteiger charge is 2.10. The fourth-order valence-electron chi connectivity index (χ4n) is 2.12. The van der Waals surface area contributed by atoms with Crippen LogP contribution in [0, 0.1) is 0 Å². The standard InChI is InChI=1S/C14H13N5O2/c15-10-3-1-9(2-4-10)12-8-17-13-11(7-18-14(20)21)16-5-6-19(12)13/h1-6,8,18H,7,15H2,(H,20,21). The van der Waals surface area contributed by atoms with Crippen molar-refractivity contribution in [2.75, 3.05) is 5.73 Å². The molecule has 7 heteroatoms. The molecule has 2 aromatic heterocycles. The van der Waals surface area contributed by atoms with Crippen LogP contribution in [0.2, 0.25) is 0 Å². The molecular formula is C14H13N5O2. The summed E-state index contributed by atoms with van der Waals surface area (Å²) in [6, 6.07) is 7.47. The number of rotatable bonds is 3. The Kier molecular flexibility index (Phi) is 3.15. The number of fused-ring (bicyclic) bond motifs is 1. The number of hydrogen-bond acceptors (Lipinski definition) is 4. The Morgan fingerprint density at radius 2 is 2.05 bits per heavy atom. The molecule has 0 aliphatic carbocycles. The minimum Gasteiger partial charge on any atom is -0.465 e. The van der Waals surface area contributed by atoms with E-state index < -0.39 is 6.09 Å². The summed E-state index contributed by atoms with van der Waals surface area (Å²) in [5.74, 6) is 0. The van der Waals surface area contributed by atoms with Gasteiger partial charge in [0.1, 0.15) is 5.69 Å². The van der Waals surface area contributed by atoms with Gasteiger partial charge in [0.05, 0.1) is 18.4 Å². The number of amides is 1. The maximum Gasteiger partial charge on any atom is 0.404 e. The van der Waals surface area contributed by atoms with Crippen LogP contribution in [0.5, 0.6) is 0 Å². The van der Waals surface area contributed by atoms with Gasteiger partial charge in [-0.05, 0) is 12.1 Å². The maximum atomic E-state index is 10.6. The van der Waals surface area contributed by atoms with Gasteiger partial charge in [0.15, 0.2) is 5.65 Å². The molecule has 0 spiro atoms. The molecule has 0 aliphatic rings. The zero-order valence-corrected chi connectivity index (χ0v) is 11.0. The lowest BCUT2D eigenvalue weighted by Crippen LogP contribution is -2.21. The van der Waals surface area contributed by atoms with E-state index in [0.717, 1.165) is 11.3 Å². The molecule has 7 nitrogen and oxygen atoms in total. The number of nitrogens with two attached hydrogens (primary N) is 1. The first-order chi connectivity index (χ1) is 10.1. The molecule has 0 bridgehead atoms. The molecule has 1 aromatic carbocycles. The Balaban J connectivity index is 2.04. The molecule has 3 rings (SSSR count). The van der Waals surface area contributed by atoms with Gasteiger partial charge in [-0.3, -0.25) is 9.38 Å². The van der Waals surface area contributed by atoms with Gasteiger partial charge < -0.3 is 16.2 Å². The van der Waals surface area contributed by atoms with Crippen molar-refractivity contribution in [1.29, 1.82) is 0 Å². The van der Waals surface area contributed by atoms with Crippen molar-refractivity contribution in [2.45, 2.75) is 6.54 Å². The minimum absolute atomic E-state index is 0.109. The molecule has 3 aromatic rings. The monoisotopic (exact) mass is 283 g/mol. The molecule has 106 valence electrons. The van der Waals surface area contributed by atoms with E-state index in [-0.39, 0.29) is 6.54 Å². The van der Waals surface area contributed by atoms with Crippen LogP contribution in [0.15, 0.2) is 42.9 Å². The summed E-state index contributed by atoms with van der Waals surface area (Å²) in [6.45, 7) is 0.109. The van der Waals surface area contributed by atoms with Gasteiger partial charge in [0.2, 0.25) is 0 Å². The van der Waals surface area contributed by atoms with Crippen molar-refractivity contribution >= 4 is 17.4 Å². The van der Waals surface area contributed by atoms with E-state index >= 15 is 0 Å². The summed E-state index contributed by atoms with van der Waals surface area (Å²) in [6.07, 6.45) is 4.04. The second-order valence-corrected chi connectivity index (χ2v) is 4.49. The summed E-state index contributed by atoms with van der Waals surface area (Å²) >= 11 is 0. The van der Waals surface area contributed by atoms with Gasteiger partial charge >= 0.3 is 6.09 Å². The molecule has 21 heavy (non-hydrogen) atoms. The SMILES string of the molecule is Nc1ccc(-c2cnc3c(CNC(=O)O)nccn23)cc1. The second kappa shape index (κ2) is 5.12. The first kappa shape index (κ1) is 12.9. The van der Waals surface area contributed by atoms with Crippen LogP contribution < -0.4 is 11.1 Å². The number of anilines is 1. The normalized spacial score (nSPS) is 10.7. The summed E-state index contributed by atoms with van der Waals surface area (Å²) in [5, 5.41) is 11.0. The third-order valence-corrected chi connectivity index (χ3v) is 3.11. The lowest BCUT2D eigenvalue weighted by Gasteiger charge is -2.05. The summed E-state index contributed by atoms with van der Waals surface area (Å²) in [4.78, 5) is 19.1. The predicted octanol–water partition coefficient (Wildman–Crippen LogP) is 1.75. The average Bonchev–Trinajstić information content (AvgIpc) is 2.90. The first-order valence-electron chi connectivity index (χ1n) is 6.29. The van der Waals surface area contributed by atoms with E-state index in [9.17, 15) is 4.79 Å². The topological polar surface area (TPSA) is 106 Å². The smallest absolute Gasteiger partial charge is 0.404 e. The van der Waals surface area contributed by atoms with E-state index in [0.29, 0.717) is 17.0 Å². The van der Waals surface area contributed by atoms with E-state index in [1.807, 2.05) is 28.7 Å². The third kappa shape index (κ3) is 2.48. The second-order valence-electron chi connectivity index (χ2n) is 4.49. The lowest BCUT2D eigenvalue weighted by molar-refractivity contribution is 0.194. The Hall–Kier alpha value is -3.09. The molecule has 2 heterocycles. The average molecular weight is 283 g/mol. The van der Waals surface area contributed by atoms with Gasteiger partial charge in [-0.2, -0.15) is 0 Å². The Morgan fingerprint density at radius 3 is 2.76 bits per heavy atom. The summed E-state index contributed by atoms with van der Waals surface area (Å²) < 4.78 is 1.87. The fraction of sp³-hybridized carbons (Fsp3) is 0.0714. The van der Waals surface area contributed by atoms with Crippen molar-refractivity contribution in [3.05, 3.63) is 48.5 Å². The van der Waals surface area contributed by atoms with Crippen LogP contribution >= 0.6 is 0 Å². The Labute approximate surface area is 120 Å². The molecule has 0 aliphatic heterocycles. The van der Waals surface area contributed by atoms with Gasteiger partial charge in [-0.1, -0.05) is 12.1 Å². The summed E-state index contributed by atoms with van der Waals surface area (Å²) in [5.41, 5.74) is 9.44. The van der Waals surface area contributed by atoms with Gasteiger partial charge in [-0.15, -0.1) is 0 Å². The minimum atomic E-state index is -1.09. The van der Waals surface area contributed by atoms with Crippen molar-refractivity contribution < 1.29 is 9.90 Å². The molecule has 0 saturated carbocycles. The van der Waals surface area contributed by atoms with E-state index in [1.165, 1.54) is 0 Å². The van der Waals surface area contributed by atoms with Crippen LogP contribution in [0.3, 0.4) is 0 Å². The van der Waals surface area contributed by atoms with Crippen LogP contribution in [0.25, 0.3) is 16.9 Å². The number of nitrogens with zero attached hydrogens (tertiary/aromatic N) is 3. The van der Waals surface area contributed by atoms with E-state index in [1.54, 1.807) is 18.6 Å². The lowest BCUT2D eigenvalue weighted by atomic mass is 10.1. The van der Waals surface area contributed by atoms with Gasteiger partial charge in [0.25, 0.3) is 0 Å². The van der Waals surface area contributed by atoms with Crippen LogP contribution in [-0.2, 0) is 6.54 Å². The van der Waals surface area contributed by atoms with Crippen molar-refractivity contribution in [3.63, 3.8) is 0 Å². The molecule has 0 saturated heterocycles.